The first-order valence-electron chi connectivity index (χ1n) is 10.7. The van der Waals surface area contributed by atoms with Crippen LogP contribution < -0.4 is 10.6 Å². The van der Waals surface area contributed by atoms with Crippen molar-refractivity contribution in [2.45, 2.75) is 45.9 Å². The predicted molar refractivity (Wildman–Crippen MR) is 124 cm³/mol. The van der Waals surface area contributed by atoms with Crippen molar-refractivity contribution in [3.05, 3.63) is 78.0 Å². The first-order chi connectivity index (χ1) is 15.3. The van der Waals surface area contributed by atoms with Crippen molar-refractivity contribution in [1.82, 2.24) is 20.4 Å². The summed E-state index contributed by atoms with van der Waals surface area (Å²) in [5, 5.41) is 10.3. The second kappa shape index (κ2) is 10.6. The maximum absolute atomic E-state index is 12.3. The van der Waals surface area contributed by atoms with Crippen LogP contribution in [0.4, 0.5) is 4.79 Å². The molecule has 0 aliphatic carbocycles. The molecule has 0 fully saturated rings. The summed E-state index contributed by atoms with van der Waals surface area (Å²) in [6.45, 7) is 6.59. The molecule has 0 spiro atoms. The van der Waals surface area contributed by atoms with Crippen molar-refractivity contribution in [2.24, 2.45) is 0 Å². The van der Waals surface area contributed by atoms with Crippen LogP contribution in [-0.4, -0.2) is 33.9 Å². The molecule has 168 valence electrons. The van der Waals surface area contributed by atoms with E-state index in [4.69, 9.17) is 9.84 Å². The molecule has 7 heteroatoms. The van der Waals surface area contributed by atoms with Gasteiger partial charge in [-0.3, -0.25) is 9.48 Å². The highest BCUT2D eigenvalue weighted by Gasteiger charge is 2.16. The number of nitrogens with one attached hydrogen (secondary N) is 2. The molecule has 0 saturated carbocycles. The van der Waals surface area contributed by atoms with E-state index >= 15 is 0 Å². The van der Waals surface area contributed by atoms with Gasteiger partial charge >= 0.3 is 6.09 Å². The topological polar surface area (TPSA) is 85.2 Å². The van der Waals surface area contributed by atoms with Gasteiger partial charge in [-0.2, -0.15) is 5.10 Å². The average molecular weight is 435 g/mol. The van der Waals surface area contributed by atoms with Crippen LogP contribution in [0, 0.1) is 0 Å². The van der Waals surface area contributed by atoms with Gasteiger partial charge in [0.05, 0.1) is 12.2 Å². The number of amides is 2. The summed E-state index contributed by atoms with van der Waals surface area (Å²) in [6.07, 6.45) is 1.60. The third kappa shape index (κ3) is 7.27. The second-order valence-electron chi connectivity index (χ2n) is 8.51. The Morgan fingerprint density at radius 2 is 1.62 bits per heavy atom. The van der Waals surface area contributed by atoms with E-state index in [0.29, 0.717) is 13.1 Å². The number of alkyl carbamates (subject to hydrolysis) is 1. The van der Waals surface area contributed by atoms with Gasteiger partial charge in [-0.1, -0.05) is 60.7 Å². The number of carbonyl (C=O) groups excluding carboxylic acids is 2. The molecule has 0 aliphatic rings. The smallest absolute Gasteiger partial charge is 0.407 e. The van der Waals surface area contributed by atoms with Crippen molar-refractivity contribution >= 4 is 12.0 Å². The normalized spacial score (nSPS) is 11.1. The van der Waals surface area contributed by atoms with Gasteiger partial charge in [-0.05, 0) is 26.3 Å². The fourth-order valence-electron chi connectivity index (χ4n) is 3.16. The van der Waals surface area contributed by atoms with E-state index in [1.165, 1.54) is 0 Å². The van der Waals surface area contributed by atoms with Crippen molar-refractivity contribution in [2.75, 3.05) is 6.54 Å². The van der Waals surface area contributed by atoms with Gasteiger partial charge in [0.1, 0.15) is 5.60 Å². The minimum Gasteiger partial charge on any atom is -0.444 e. The van der Waals surface area contributed by atoms with Crippen LogP contribution in [0.2, 0.25) is 0 Å². The Bertz CT molecular complexity index is 1020. The Balaban J connectivity index is 1.61. The molecule has 3 aromatic rings. The number of rotatable bonds is 8. The quantitative estimate of drug-likeness (QED) is 0.558. The van der Waals surface area contributed by atoms with E-state index in [9.17, 15) is 9.59 Å². The molecule has 0 bridgehead atoms. The molecular formula is C25H30N4O3. The fourth-order valence-corrected chi connectivity index (χ4v) is 3.16. The maximum atomic E-state index is 12.3. The standard InChI is InChI=1S/C25H30N4O3/c1-25(2,3)32-24(31)26-15-14-22(30)27-16-21-18-29(17-19-10-6-4-7-11-19)28-23(21)20-12-8-5-9-13-20/h4-13,18H,14-17H2,1-3H3,(H,26,31)(H,27,30). The lowest BCUT2D eigenvalue weighted by atomic mass is 10.1. The summed E-state index contributed by atoms with van der Waals surface area (Å²) >= 11 is 0. The zero-order valence-corrected chi connectivity index (χ0v) is 18.8. The number of aromatic nitrogens is 2. The Morgan fingerprint density at radius 3 is 2.28 bits per heavy atom. The van der Waals surface area contributed by atoms with E-state index in [1.807, 2.05) is 59.4 Å². The first-order valence-corrected chi connectivity index (χ1v) is 10.7. The average Bonchev–Trinajstić information content (AvgIpc) is 3.15. The van der Waals surface area contributed by atoms with Crippen molar-refractivity contribution in [3.8, 4) is 11.3 Å². The molecule has 3 rings (SSSR count). The lowest BCUT2D eigenvalue weighted by molar-refractivity contribution is -0.121. The van der Waals surface area contributed by atoms with E-state index in [1.54, 1.807) is 20.8 Å². The first kappa shape index (κ1) is 23.1. The summed E-state index contributed by atoms with van der Waals surface area (Å²) < 4.78 is 7.06. The van der Waals surface area contributed by atoms with E-state index in [0.717, 1.165) is 22.4 Å². The zero-order valence-electron chi connectivity index (χ0n) is 18.8. The molecule has 0 aliphatic heterocycles. The predicted octanol–water partition coefficient (Wildman–Crippen LogP) is 4.13. The monoisotopic (exact) mass is 434 g/mol. The number of nitrogens with zero attached hydrogens (tertiary/aromatic N) is 2. The van der Waals surface area contributed by atoms with Gasteiger partial charge < -0.3 is 15.4 Å². The Morgan fingerprint density at radius 1 is 0.969 bits per heavy atom. The highest BCUT2D eigenvalue weighted by Crippen LogP contribution is 2.22. The molecule has 0 saturated heterocycles. The number of carbonyl (C=O) groups is 2. The SMILES string of the molecule is CC(C)(C)OC(=O)NCCC(=O)NCc1cn(Cc2ccccc2)nc1-c1ccccc1. The summed E-state index contributed by atoms with van der Waals surface area (Å²) in [6, 6.07) is 20.0. The zero-order chi connectivity index (χ0) is 23.0. The molecule has 7 nitrogen and oxygen atoms in total. The molecule has 32 heavy (non-hydrogen) atoms. The highest BCUT2D eigenvalue weighted by atomic mass is 16.6. The van der Waals surface area contributed by atoms with E-state index < -0.39 is 11.7 Å². The van der Waals surface area contributed by atoms with Gasteiger partial charge in [-0.25, -0.2) is 4.79 Å². The summed E-state index contributed by atoms with van der Waals surface area (Å²) in [5.41, 5.74) is 3.35. The van der Waals surface area contributed by atoms with Crippen LogP contribution in [-0.2, 0) is 22.6 Å². The number of benzene rings is 2. The van der Waals surface area contributed by atoms with Crippen LogP contribution >= 0.6 is 0 Å². The fraction of sp³-hybridized carbons (Fsp3) is 0.320. The Kier molecular flexibility index (Phi) is 7.65. The van der Waals surface area contributed by atoms with Crippen LogP contribution in [0.5, 0.6) is 0 Å². The van der Waals surface area contributed by atoms with Crippen LogP contribution in [0.25, 0.3) is 11.3 Å². The molecule has 0 unspecified atom stereocenters. The summed E-state index contributed by atoms with van der Waals surface area (Å²) in [4.78, 5) is 24.0. The third-order valence-electron chi connectivity index (χ3n) is 4.57. The minimum atomic E-state index is -0.569. The molecule has 2 N–H and O–H groups in total. The molecule has 2 aromatic carbocycles. The molecule has 1 aromatic heterocycles. The summed E-state index contributed by atoms with van der Waals surface area (Å²) in [5.74, 6) is -0.157. The van der Waals surface area contributed by atoms with Crippen LogP contribution in [0.15, 0.2) is 66.9 Å². The van der Waals surface area contributed by atoms with Crippen molar-refractivity contribution < 1.29 is 14.3 Å². The molecule has 0 radical (unpaired) electrons. The van der Waals surface area contributed by atoms with Gasteiger partial charge in [0.25, 0.3) is 0 Å². The van der Waals surface area contributed by atoms with E-state index in [-0.39, 0.29) is 18.9 Å². The van der Waals surface area contributed by atoms with Crippen LogP contribution in [0.1, 0.15) is 38.3 Å². The van der Waals surface area contributed by atoms with Gasteiger partial charge in [0.2, 0.25) is 5.91 Å². The lowest BCUT2D eigenvalue weighted by Gasteiger charge is -2.19. The lowest BCUT2D eigenvalue weighted by Crippen LogP contribution is -2.35. The van der Waals surface area contributed by atoms with Gasteiger partial charge in [-0.15, -0.1) is 0 Å². The molecule has 0 atom stereocenters. The second-order valence-corrected chi connectivity index (χ2v) is 8.51. The Hall–Kier alpha value is -3.61. The number of hydrogen-bond acceptors (Lipinski definition) is 4. The molecule has 1 heterocycles. The number of hydrogen-bond donors (Lipinski definition) is 2. The minimum absolute atomic E-state index is 0.157. The van der Waals surface area contributed by atoms with Gasteiger partial charge in [0.15, 0.2) is 0 Å². The van der Waals surface area contributed by atoms with E-state index in [2.05, 4.69) is 22.8 Å². The maximum Gasteiger partial charge on any atom is 0.407 e. The van der Waals surface area contributed by atoms with Gasteiger partial charge in [0, 0.05) is 36.8 Å². The Labute approximate surface area is 188 Å². The summed E-state index contributed by atoms with van der Waals surface area (Å²) in [7, 11) is 0. The highest BCUT2D eigenvalue weighted by molar-refractivity contribution is 5.77. The molecular weight excluding hydrogens is 404 g/mol. The third-order valence-corrected chi connectivity index (χ3v) is 4.57. The number of ether oxygens (including phenoxy) is 1. The van der Waals surface area contributed by atoms with Crippen molar-refractivity contribution in [1.29, 1.82) is 0 Å². The largest absolute Gasteiger partial charge is 0.444 e. The molecule has 2 amide bonds. The van der Waals surface area contributed by atoms with Crippen LogP contribution in [0.3, 0.4) is 0 Å². The van der Waals surface area contributed by atoms with Crippen molar-refractivity contribution in [3.63, 3.8) is 0 Å².